The second-order valence-electron chi connectivity index (χ2n) is 6.96. The number of benzene rings is 1. The maximum absolute atomic E-state index is 12.9. The molecule has 1 unspecified atom stereocenters. The Morgan fingerprint density at radius 3 is 2.43 bits per heavy atom. The highest BCUT2D eigenvalue weighted by atomic mass is 79.9. The number of sulfonamides is 1. The minimum absolute atomic E-state index is 0.0807. The largest absolute Gasteiger partial charge is 0.391 e. The van der Waals surface area contributed by atoms with Crippen LogP contribution >= 0.6 is 15.9 Å². The van der Waals surface area contributed by atoms with Crippen LogP contribution in [0.15, 0.2) is 28.3 Å². The normalized spacial score (nSPS) is 25.9. The predicted molar refractivity (Wildman–Crippen MR) is 103 cm³/mol. The molecule has 2 N–H and O–H groups in total. The molecular formula is C17H21BrF3N3O3S. The lowest BCUT2D eigenvalue weighted by molar-refractivity contribution is -0.182. The van der Waals surface area contributed by atoms with Crippen molar-refractivity contribution in [1.29, 1.82) is 0 Å². The molecule has 11 heteroatoms. The van der Waals surface area contributed by atoms with Crippen molar-refractivity contribution in [2.75, 3.05) is 12.4 Å². The van der Waals surface area contributed by atoms with Crippen LogP contribution < -0.4 is 10.0 Å². The Morgan fingerprint density at radius 2 is 1.89 bits per heavy atom. The highest BCUT2D eigenvalue weighted by molar-refractivity contribution is 9.18. The minimum Gasteiger partial charge on any atom is -0.386 e. The first-order chi connectivity index (χ1) is 13.1. The van der Waals surface area contributed by atoms with E-state index in [0.29, 0.717) is 35.1 Å². The molecule has 1 heterocycles. The van der Waals surface area contributed by atoms with E-state index in [1.165, 1.54) is 19.2 Å². The van der Waals surface area contributed by atoms with Crippen LogP contribution in [0.25, 0.3) is 0 Å². The van der Waals surface area contributed by atoms with Gasteiger partial charge in [0.2, 0.25) is 10.0 Å². The molecule has 1 aromatic rings. The molecule has 0 spiro atoms. The van der Waals surface area contributed by atoms with Gasteiger partial charge in [-0.3, -0.25) is 0 Å². The lowest BCUT2D eigenvalue weighted by Crippen LogP contribution is -2.33. The van der Waals surface area contributed by atoms with Gasteiger partial charge in [0, 0.05) is 23.7 Å². The van der Waals surface area contributed by atoms with E-state index >= 15 is 0 Å². The minimum atomic E-state index is -4.15. The Balaban J connectivity index is 1.80. The molecule has 6 nitrogen and oxygen atoms in total. The van der Waals surface area contributed by atoms with E-state index in [1.807, 2.05) is 0 Å². The number of nitrogens with zero attached hydrogens (tertiary/aromatic N) is 1. The Hall–Kier alpha value is -1.33. The third-order valence-electron chi connectivity index (χ3n) is 5.13. The summed E-state index contributed by atoms with van der Waals surface area (Å²) >= 11 is 3.26. The maximum Gasteiger partial charge on any atom is 0.391 e. The van der Waals surface area contributed by atoms with Gasteiger partial charge in [0.15, 0.2) is 6.10 Å². The number of hydrogen-bond donors (Lipinski definition) is 2. The second-order valence-corrected chi connectivity index (χ2v) is 9.76. The predicted octanol–water partition coefficient (Wildman–Crippen LogP) is 4.30. The summed E-state index contributed by atoms with van der Waals surface area (Å²) < 4.78 is 65.8. The van der Waals surface area contributed by atoms with Crippen LogP contribution in [-0.4, -0.2) is 32.3 Å². The van der Waals surface area contributed by atoms with Gasteiger partial charge >= 0.3 is 6.18 Å². The summed E-state index contributed by atoms with van der Waals surface area (Å²) in [4.78, 5) is 5.47. The third-order valence-corrected chi connectivity index (χ3v) is 7.01. The van der Waals surface area contributed by atoms with Crippen molar-refractivity contribution in [1.82, 2.24) is 4.72 Å². The van der Waals surface area contributed by atoms with E-state index in [0.717, 1.165) is 0 Å². The number of hydrogen-bond acceptors (Lipinski definition) is 5. The lowest BCUT2D eigenvalue weighted by Gasteiger charge is -2.31. The van der Waals surface area contributed by atoms with Gasteiger partial charge in [-0.2, -0.15) is 13.2 Å². The van der Waals surface area contributed by atoms with Crippen molar-refractivity contribution in [3.63, 3.8) is 0 Å². The Morgan fingerprint density at radius 1 is 1.21 bits per heavy atom. The molecule has 0 saturated heterocycles. The first-order valence-electron chi connectivity index (χ1n) is 8.89. The third kappa shape index (κ3) is 4.80. The molecule has 1 aromatic carbocycles. The molecule has 156 valence electrons. The first kappa shape index (κ1) is 21.4. The van der Waals surface area contributed by atoms with E-state index < -0.39 is 28.2 Å². The zero-order valence-corrected chi connectivity index (χ0v) is 17.5. The zero-order valence-electron chi connectivity index (χ0n) is 15.1. The zero-order chi connectivity index (χ0) is 20.5. The summed E-state index contributed by atoms with van der Waals surface area (Å²) in [6.07, 6.45) is -3.23. The van der Waals surface area contributed by atoms with Crippen molar-refractivity contribution in [2.24, 2.45) is 11.1 Å². The lowest BCUT2D eigenvalue weighted by atomic mass is 9.85. The van der Waals surface area contributed by atoms with Crippen molar-refractivity contribution in [3.05, 3.63) is 23.8 Å². The van der Waals surface area contributed by atoms with Gasteiger partial charge < -0.3 is 10.2 Å². The molecule has 1 aliphatic carbocycles. The molecule has 3 rings (SSSR count). The summed E-state index contributed by atoms with van der Waals surface area (Å²) in [5.74, 6) is -1.25. The van der Waals surface area contributed by atoms with Crippen LogP contribution in [0.4, 0.5) is 18.9 Å². The molecule has 1 fully saturated rings. The van der Waals surface area contributed by atoms with Crippen LogP contribution in [-0.2, 0) is 14.9 Å². The van der Waals surface area contributed by atoms with Gasteiger partial charge in [-0.1, -0.05) is 5.16 Å². The van der Waals surface area contributed by atoms with Crippen molar-refractivity contribution in [2.45, 2.75) is 55.3 Å². The van der Waals surface area contributed by atoms with Gasteiger partial charge in [0.1, 0.15) is 4.62 Å². The number of rotatable bonds is 5. The SMILES string of the molecule is CNS(=O)(=O)c1ccc(NC2CCC(C(F)(F)F)CC2)c(C2CC(Br)=NO2)c1. The van der Waals surface area contributed by atoms with Gasteiger partial charge in [0.05, 0.1) is 10.8 Å². The second kappa shape index (κ2) is 8.19. The number of nitrogens with one attached hydrogen (secondary N) is 2. The molecule has 1 atom stereocenters. The molecule has 1 saturated carbocycles. The summed E-state index contributed by atoms with van der Waals surface area (Å²) in [5.41, 5.74) is 1.25. The van der Waals surface area contributed by atoms with Crippen LogP contribution in [0.2, 0.25) is 0 Å². The quantitative estimate of drug-likeness (QED) is 0.654. The van der Waals surface area contributed by atoms with Crippen molar-refractivity contribution >= 4 is 36.3 Å². The fraction of sp³-hybridized carbons (Fsp3) is 0.588. The average Bonchev–Trinajstić information content (AvgIpc) is 3.08. The van der Waals surface area contributed by atoms with Crippen molar-refractivity contribution in [3.8, 4) is 0 Å². The Bertz CT molecular complexity index is 853. The molecule has 2 aliphatic rings. The van der Waals surface area contributed by atoms with E-state index in [2.05, 4.69) is 31.1 Å². The van der Waals surface area contributed by atoms with E-state index in [4.69, 9.17) is 4.84 Å². The number of halogens is 4. The summed E-state index contributed by atoms with van der Waals surface area (Å²) in [6, 6.07) is 4.49. The number of oxime groups is 1. The standard InChI is InChI=1S/C17H21BrF3N3O3S/c1-22-28(25,26)12-6-7-14(13(8-12)15-9-16(18)24-27-15)23-11-4-2-10(3-5-11)17(19,20)21/h6-8,10-11,15,22-23H,2-5,9H2,1H3. The average molecular weight is 484 g/mol. The van der Waals surface area contributed by atoms with Gasteiger partial charge in [-0.05, 0) is 66.9 Å². The molecule has 1 aliphatic heterocycles. The van der Waals surface area contributed by atoms with Gasteiger partial charge in [-0.25, -0.2) is 13.1 Å². The molecular weight excluding hydrogens is 463 g/mol. The van der Waals surface area contributed by atoms with Gasteiger partial charge in [0.25, 0.3) is 0 Å². The highest BCUT2D eigenvalue weighted by Gasteiger charge is 2.41. The molecule has 28 heavy (non-hydrogen) atoms. The Labute approximate surface area is 170 Å². The van der Waals surface area contributed by atoms with Gasteiger partial charge in [-0.15, -0.1) is 0 Å². The topological polar surface area (TPSA) is 79.8 Å². The summed E-state index contributed by atoms with van der Waals surface area (Å²) in [7, 11) is -2.32. The monoisotopic (exact) mass is 483 g/mol. The highest BCUT2D eigenvalue weighted by Crippen LogP contribution is 2.40. The maximum atomic E-state index is 12.9. The van der Waals surface area contributed by atoms with E-state index in [-0.39, 0.29) is 23.8 Å². The molecule has 0 radical (unpaired) electrons. The Kier molecular flexibility index (Phi) is 6.26. The molecule has 0 amide bonds. The smallest absolute Gasteiger partial charge is 0.386 e. The molecule has 0 bridgehead atoms. The summed E-state index contributed by atoms with van der Waals surface area (Å²) in [6.45, 7) is 0. The van der Waals surface area contributed by atoms with Crippen LogP contribution in [0, 0.1) is 5.92 Å². The van der Waals surface area contributed by atoms with Crippen LogP contribution in [0.5, 0.6) is 0 Å². The number of anilines is 1. The van der Waals surface area contributed by atoms with Crippen LogP contribution in [0.1, 0.15) is 43.8 Å². The fourth-order valence-corrected chi connectivity index (χ4v) is 4.67. The fourth-order valence-electron chi connectivity index (χ4n) is 3.52. The van der Waals surface area contributed by atoms with Crippen molar-refractivity contribution < 1.29 is 26.4 Å². The number of alkyl halides is 3. The van der Waals surface area contributed by atoms with E-state index in [9.17, 15) is 21.6 Å². The first-order valence-corrected chi connectivity index (χ1v) is 11.2. The van der Waals surface area contributed by atoms with E-state index in [1.54, 1.807) is 6.07 Å². The molecule has 0 aromatic heterocycles. The van der Waals surface area contributed by atoms with Crippen LogP contribution in [0.3, 0.4) is 0 Å². The summed E-state index contributed by atoms with van der Waals surface area (Å²) in [5, 5.41) is 7.13.